The number of carbonyl (C=O) groups excluding carboxylic acids is 1. The number of para-hydroxylation sites is 1. The van der Waals surface area contributed by atoms with Gasteiger partial charge in [-0.1, -0.05) is 48.0 Å². The average molecular weight is 407 g/mol. The van der Waals surface area contributed by atoms with Gasteiger partial charge in [0.15, 0.2) is 15.0 Å². The van der Waals surface area contributed by atoms with E-state index in [2.05, 4.69) is 4.99 Å². The van der Waals surface area contributed by atoms with Crippen LogP contribution >= 0.6 is 35.0 Å². The Morgan fingerprint density at radius 2 is 2.00 bits per heavy atom. The molecule has 9 heteroatoms. The molecular formula is C15H16Cl2N2O3S2. The van der Waals surface area contributed by atoms with Gasteiger partial charge in [0.1, 0.15) is 0 Å². The summed E-state index contributed by atoms with van der Waals surface area (Å²) in [5.74, 6) is -0.147. The van der Waals surface area contributed by atoms with Crippen molar-refractivity contribution < 1.29 is 13.2 Å². The highest BCUT2D eigenvalue weighted by Crippen LogP contribution is 2.45. The molecule has 0 aliphatic carbocycles. The molecule has 0 spiro atoms. The maximum atomic E-state index is 12.0. The zero-order chi connectivity index (χ0) is 17.5. The Hall–Kier alpha value is -0.760. The molecule has 2 fully saturated rings. The molecule has 1 aromatic carbocycles. The highest BCUT2D eigenvalue weighted by Gasteiger charge is 2.50. The van der Waals surface area contributed by atoms with Crippen molar-refractivity contribution in [3.63, 3.8) is 0 Å². The lowest BCUT2D eigenvalue weighted by molar-refractivity contribution is -0.117. The summed E-state index contributed by atoms with van der Waals surface area (Å²) in [5.41, 5.74) is 0.515. The van der Waals surface area contributed by atoms with Gasteiger partial charge in [0.05, 0.1) is 33.3 Å². The molecule has 0 saturated carbocycles. The van der Waals surface area contributed by atoms with E-state index in [1.807, 2.05) is 6.92 Å². The van der Waals surface area contributed by atoms with Gasteiger partial charge in [-0.2, -0.15) is 4.99 Å². The van der Waals surface area contributed by atoms with Crippen LogP contribution in [0.25, 0.3) is 0 Å². The number of anilines is 1. The first kappa shape index (κ1) is 18.0. The van der Waals surface area contributed by atoms with Gasteiger partial charge in [-0.3, -0.25) is 4.79 Å². The van der Waals surface area contributed by atoms with Crippen LogP contribution in [0.1, 0.15) is 19.8 Å². The number of hydrogen-bond donors (Lipinski definition) is 0. The first-order valence-electron chi connectivity index (χ1n) is 7.54. The molecule has 2 aliphatic heterocycles. The molecule has 3 rings (SSSR count). The van der Waals surface area contributed by atoms with Crippen molar-refractivity contribution in [3.8, 4) is 0 Å². The quantitative estimate of drug-likeness (QED) is 0.769. The van der Waals surface area contributed by atoms with Crippen molar-refractivity contribution in [1.29, 1.82) is 0 Å². The Balaban J connectivity index is 2.07. The Labute approximate surface area is 155 Å². The number of hydrogen-bond acceptors (Lipinski definition) is 4. The maximum Gasteiger partial charge on any atom is 0.248 e. The third kappa shape index (κ3) is 3.45. The molecule has 0 radical (unpaired) electrons. The smallest absolute Gasteiger partial charge is 0.248 e. The number of amides is 1. The molecule has 24 heavy (non-hydrogen) atoms. The van der Waals surface area contributed by atoms with E-state index in [0.29, 0.717) is 33.7 Å². The van der Waals surface area contributed by atoms with Gasteiger partial charge >= 0.3 is 0 Å². The molecule has 130 valence electrons. The van der Waals surface area contributed by atoms with E-state index < -0.39 is 9.84 Å². The summed E-state index contributed by atoms with van der Waals surface area (Å²) in [5, 5.41) is 1.12. The summed E-state index contributed by atoms with van der Waals surface area (Å²) in [6.07, 6.45) is 1.05. The Morgan fingerprint density at radius 3 is 2.62 bits per heavy atom. The van der Waals surface area contributed by atoms with Crippen molar-refractivity contribution in [1.82, 2.24) is 0 Å². The van der Waals surface area contributed by atoms with Gasteiger partial charge in [0, 0.05) is 11.7 Å². The summed E-state index contributed by atoms with van der Waals surface area (Å²) in [6, 6.07) is 4.79. The average Bonchev–Trinajstić information content (AvgIpc) is 2.92. The van der Waals surface area contributed by atoms with E-state index in [-0.39, 0.29) is 28.7 Å². The van der Waals surface area contributed by atoms with Gasteiger partial charge in [-0.25, -0.2) is 8.42 Å². The number of carbonyl (C=O) groups is 1. The molecule has 1 aromatic rings. The van der Waals surface area contributed by atoms with Crippen LogP contribution in [0.4, 0.5) is 5.69 Å². The van der Waals surface area contributed by atoms with Gasteiger partial charge in [0.2, 0.25) is 5.91 Å². The molecule has 1 amide bonds. The molecule has 2 aliphatic rings. The molecule has 5 nitrogen and oxygen atoms in total. The van der Waals surface area contributed by atoms with Crippen LogP contribution in [-0.4, -0.2) is 42.3 Å². The largest absolute Gasteiger partial charge is 0.313 e. The number of amidine groups is 1. The third-order valence-electron chi connectivity index (χ3n) is 3.93. The van der Waals surface area contributed by atoms with Crippen molar-refractivity contribution in [2.45, 2.75) is 31.1 Å². The molecule has 0 bridgehead atoms. The van der Waals surface area contributed by atoms with Crippen LogP contribution in [0.5, 0.6) is 0 Å². The number of nitrogens with zero attached hydrogens (tertiary/aromatic N) is 2. The van der Waals surface area contributed by atoms with Gasteiger partial charge in [-0.15, -0.1) is 0 Å². The maximum absolute atomic E-state index is 12.0. The lowest BCUT2D eigenvalue weighted by Crippen LogP contribution is -2.38. The van der Waals surface area contributed by atoms with Crippen LogP contribution < -0.4 is 4.90 Å². The Bertz CT molecular complexity index is 791. The third-order valence-corrected chi connectivity index (χ3v) is 7.75. The van der Waals surface area contributed by atoms with Crippen LogP contribution in [0.15, 0.2) is 23.2 Å². The minimum atomic E-state index is -3.12. The first-order valence-corrected chi connectivity index (χ1v) is 11.0. The predicted octanol–water partition coefficient (Wildman–Crippen LogP) is 3.39. The molecular weight excluding hydrogens is 391 g/mol. The van der Waals surface area contributed by atoms with Crippen LogP contribution in [0.3, 0.4) is 0 Å². The number of rotatable bonds is 3. The van der Waals surface area contributed by atoms with E-state index >= 15 is 0 Å². The van der Waals surface area contributed by atoms with Crippen LogP contribution in [0.2, 0.25) is 10.0 Å². The molecule has 0 N–H and O–H groups in total. The minimum Gasteiger partial charge on any atom is -0.313 e. The molecule has 2 heterocycles. The summed E-state index contributed by atoms with van der Waals surface area (Å²) in [6.45, 7) is 1.91. The summed E-state index contributed by atoms with van der Waals surface area (Å²) in [7, 11) is -3.12. The zero-order valence-electron chi connectivity index (χ0n) is 12.9. The normalized spacial score (nSPS) is 26.8. The number of benzene rings is 1. The minimum absolute atomic E-state index is 0.00715. The summed E-state index contributed by atoms with van der Waals surface area (Å²) >= 11 is 13.9. The lowest BCUT2D eigenvalue weighted by atomic mass is 10.2. The van der Waals surface area contributed by atoms with E-state index in [1.54, 1.807) is 23.1 Å². The molecule has 0 aromatic heterocycles. The van der Waals surface area contributed by atoms with E-state index in [9.17, 15) is 13.2 Å². The number of sulfone groups is 1. The highest BCUT2D eigenvalue weighted by molar-refractivity contribution is 8.16. The van der Waals surface area contributed by atoms with E-state index in [0.717, 1.165) is 0 Å². The number of fused-ring (bicyclic) bond motifs is 1. The van der Waals surface area contributed by atoms with Crippen molar-refractivity contribution in [2.24, 2.45) is 4.99 Å². The Kier molecular flexibility index (Phi) is 5.16. The molecule has 2 saturated heterocycles. The topological polar surface area (TPSA) is 66.8 Å². The fraction of sp³-hybridized carbons (Fsp3) is 0.467. The second-order valence-electron chi connectivity index (χ2n) is 5.78. The first-order chi connectivity index (χ1) is 11.3. The van der Waals surface area contributed by atoms with E-state index in [4.69, 9.17) is 23.2 Å². The van der Waals surface area contributed by atoms with Crippen molar-refractivity contribution in [2.75, 3.05) is 16.4 Å². The standard InChI is InChI=1S/C15H16Cl2N2O3S2/c1-2-4-13(20)18-15-19(14-9(16)5-3-6-10(14)17)11-7-24(21,22)8-12(11)23-15/h3,5-6,11-12H,2,4,7-8H2,1H3. The molecule has 2 atom stereocenters. The van der Waals surface area contributed by atoms with Gasteiger partial charge in [-0.05, 0) is 18.6 Å². The zero-order valence-corrected chi connectivity index (χ0v) is 16.1. The van der Waals surface area contributed by atoms with Crippen molar-refractivity contribution >= 4 is 61.6 Å². The van der Waals surface area contributed by atoms with E-state index in [1.165, 1.54) is 11.8 Å². The second-order valence-corrected chi connectivity index (χ2v) is 9.95. The number of halogens is 2. The van der Waals surface area contributed by atoms with Crippen LogP contribution in [0, 0.1) is 0 Å². The molecule has 2 unspecified atom stereocenters. The monoisotopic (exact) mass is 406 g/mol. The number of aliphatic imine (C=N–C) groups is 1. The predicted molar refractivity (Wildman–Crippen MR) is 100 cm³/mol. The fourth-order valence-electron chi connectivity index (χ4n) is 2.92. The number of thioether (sulfide) groups is 1. The van der Waals surface area contributed by atoms with Crippen LogP contribution in [-0.2, 0) is 14.6 Å². The second kappa shape index (κ2) is 6.86. The summed E-state index contributed by atoms with van der Waals surface area (Å²) in [4.78, 5) is 17.9. The SMILES string of the molecule is CCCC(=O)N=C1SC2CS(=O)(=O)CC2N1c1c(Cl)cccc1Cl. The highest BCUT2D eigenvalue weighted by atomic mass is 35.5. The van der Waals surface area contributed by atoms with Gasteiger partial charge < -0.3 is 4.90 Å². The summed E-state index contributed by atoms with van der Waals surface area (Å²) < 4.78 is 24.0. The lowest BCUT2D eigenvalue weighted by Gasteiger charge is -2.26. The Morgan fingerprint density at radius 1 is 1.33 bits per heavy atom. The van der Waals surface area contributed by atoms with Gasteiger partial charge in [0.25, 0.3) is 0 Å². The fourth-order valence-corrected chi connectivity index (χ4v) is 7.42. The van der Waals surface area contributed by atoms with Crippen molar-refractivity contribution in [3.05, 3.63) is 28.2 Å².